The molecule has 0 bridgehead atoms. The zero-order valence-electron chi connectivity index (χ0n) is 9.56. The number of nitrogens with one attached hydrogen (secondary N) is 1. The maximum Gasteiger partial charge on any atom is 0.243 e. The van der Waals surface area contributed by atoms with Gasteiger partial charge in [0.1, 0.15) is 16.4 Å². The number of benzene rings is 1. The molecule has 0 unspecified atom stereocenters. The van der Waals surface area contributed by atoms with E-state index in [1.54, 1.807) is 14.1 Å². The van der Waals surface area contributed by atoms with Crippen molar-refractivity contribution >= 4 is 21.4 Å². The van der Waals surface area contributed by atoms with Crippen molar-refractivity contribution in [2.75, 3.05) is 26.0 Å². The minimum Gasteiger partial charge on any atom is -0.376 e. The quantitative estimate of drug-likeness (QED) is 0.826. The highest BCUT2D eigenvalue weighted by atomic mass is 32.2. The van der Waals surface area contributed by atoms with Gasteiger partial charge in [0.15, 0.2) is 0 Å². The summed E-state index contributed by atoms with van der Waals surface area (Å²) in [4.78, 5) is 11.5. The standard InChI is InChI=1S/C9H12FN3O3S/c1-11-17(15,16)9-5-7(12-14)8(13(2)3)4-6(9)10/h4-5,11H,1-3H3. The Hall–Kier alpha value is -1.54. The Morgan fingerprint density at radius 3 is 2.35 bits per heavy atom. The first-order chi connectivity index (χ1) is 7.83. The predicted octanol–water partition coefficient (Wildman–Crippen LogP) is 1.20. The van der Waals surface area contributed by atoms with Crippen molar-refractivity contribution < 1.29 is 12.8 Å². The average Bonchev–Trinajstić information content (AvgIpc) is 2.28. The van der Waals surface area contributed by atoms with Crippen molar-refractivity contribution in [1.29, 1.82) is 0 Å². The fourth-order valence-electron chi connectivity index (χ4n) is 1.28. The summed E-state index contributed by atoms with van der Waals surface area (Å²) in [6, 6.07) is 1.87. The fraction of sp³-hybridized carbons (Fsp3) is 0.333. The Balaban J connectivity index is 3.54. The largest absolute Gasteiger partial charge is 0.376 e. The highest BCUT2D eigenvalue weighted by molar-refractivity contribution is 7.89. The summed E-state index contributed by atoms with van der Waals surface area (Å²) in [5.74, 6) is -0.935. The van der Waals surface area contributed by atoms with E-state index in [-0.39, 0.29) is 11.4 Å². The molecule has 0 heterocycles. The Morgan fingerprint density at radius 2 is 1.94 bits per heavy atom. The molecule has 0 aliphatic heterocycles. The molecule has 0 saturated heterocycles. The topological polar surface area (TPSA) is 78.8 Å². The molecule has 17 heavy (non-hydrogen) atoms. The van der Waals surface area contributed by atoms with Gasteiger partial charge in [0.05, 0.1) is 5.69 Å². The number of anilines is 1. The van der Waals surface area contributed by atoms with Gasteiger partial charge in [-0.05, 0) is 18.3 Å². The van der Waals surface area contributed by atoms with E-state index in [1.807, 2.05) is 4.72 Å². The van der Waals surface area contributed by atoms with E-state index in [0.717, 1.165) is 19.2 Å². The molecule has 0 fully saturated rings. The normalized spacial score (nSPS) is 11.3. The third-order valence-corrected chi connectivity index (χ3v) is 3.60. The number of halogens is 1. The van der Waals surface area contributed by atoms with Gasteiger partial charge < -0.3 is 4.90 Å². The van der Waals surface area contributed by atoms with Crippen molar-refractivity contribution in [3.05, 3.63) is 22.9 Å². The molecule has 0 saturated carbocycles. The highest BCUT2D eigenvalue weighted by Gasteiger charge is 2.21. The molecule has 0 aliphatic rings. The first kappa shape index (κ1) is 13.5. The van der Waals surface area contributed by atoms with Gasteiger partial charge in [-0.3, -0.25) is 0 Å². The second kappa shape index (κ2) is 4.76. The van der Waals surface area contributed by atoms with Crippen LogP contribution in [0.2, 0.25) is 0 Å². The summed E-state index contributed by atoms with van der Waals surface area (Å²) >= 11 is 0. The number of hydrogen-bond donors (Lipinski definition) is 1. The van der Waals surface area contributed by atoms with Crippen LogP contribution in [0.1, 0.15) is 0 Å². The Morgan fingerprint density at radius 1 is 1.35 bits per heavy atom. The van der Waals surface area contributed by atoms with Gasteiger partial charge in [0.25, 0.3) is 0 Å². The molecular weight excluding hydrogens is 249 g/mol. The zero-order valence-corrected chi connectivity index (χ0v) is 10.4. The van der Waals surface area contributed by atoms with Crippen LogP contribution < -0.4 is 9.62 Å². The van der Waals surface area contributed by atoms with Gasteiger partial charge in [-0.1, -0.05) is 0 Å². The lowest BCUT2D eigenvalue weighted by Crippen LogP contribution is -2.20. The predicted molar refractivity (Wildman–Crippen MR) is 62.4 cm³/mol. The van der Waals surface area contributed by atoms with Gasteiger partial charge in [0, 0.05) is 20.2 Å². The number of rotatable bonds is 4. The Bertz CT molecular complexity index is 543. The van der Waals surface area contributed by atoms with Gasteiger partial charge in [0.2, 0.25) is 10.0 Å². The highest BCUT2D eigenvalue weighted by Crippen LogP contribution is 2.31. The maximum absolute atomic E-state index is 13.6. The third-order valence-electron chi connectivity index (χ3n) is 2.17. The lowest BCUT2D eigenvalue weighted by Gasteiger charge is -2.15. The minimum absolute atomic E-state index is 0.134. The summed E-state index contributed by atoms with van der Waals surface area (Å²) in [7, 11) is 0.395. The minimum atomic E-state index is -3.95. The van der Waals surface area contributed by atoms with Crippen LogP contribution in [-0.2, 0) is 10.0 Å². The average molecular weight is 261 g/mol. The van der Waals surface area contributed by atoms with Crippen LogP contribution in [0.4, 0.5) is 15.8 Å². The molecule has 0 spiro atoms. The maximum atomic E-state index is 13.6. The Kier molecular flexibility index (Phi) is 3.79. The molecule has 0 atom stereocenters. The summed E-state index contributed by atoms with van der Waals surface area (Å²) < 4.78 is 38.5. The van der Waals surface area contributed by atoms with Crippen LogP contribution in [0.25, 0.3) is 0 Å². The monoisotopic (exact) mass is 261 g/mol. The van der Waals surface area contributed by atoms with Crippen LogP contribution in [0.3, 0.4) is 0 Å². The molecule has 1 aromatic rings. The second-order valence-corrected chi connectivity index (χ2v) is 5.32. The summed E-state index contributed by atoms with van der Waals surface area (Å²) in [6.07, 6.45) is 0. The van der Waals surface area contributed by atoms with Crippen molar-refractivity contribution in [1.82, 2.24) is 4.72 Å². The third kappa shape index (κ3) is 2.59. The molecule has 0 amide bonds. The Labute approximate surface area is 98.5 Å². The molecule has 1 aromatic carbocycles. The lowest BCUT2D eigenvalue weighted by atomic mass is 10.2. The molecule has 0 aromatic heterocycles. The summed E-state index contributed by atoms with van der Waals surface area (Å²) in [6.45, 7) is 0. The van der Waals surface area contributed by atoms with Crippen molar-refractivity contribution in [2.45, 2.75) is 4.90 Å². The number of nitroso groups, excluding NO2 is 1. The number of nitrogens with zero attached hydrogens (tertiary/aromatic N) is 2. The van der Waals surface area contributed by atoms with E-state index in [1.165, 1.54) is 4.90 Å². The summed E-state index contributed by atoms with van der Waals surface area (Å²) in [5.41, 5.74) is 0.0813. The van der Waals surface area contributed by atoms with E-state index in [4.69, 9.17) is 0 Å². The van der Waals surface area contributed by atoms with Crippen molar-refractivity contribution in [3.8, 4) is 0 Å². The van der Waals surface area contributed by atoms with Crippen LogP contribution in [0.15, 0.2) is 22.2 Å². The van der Waals surface area contributed by atoms with E-state index >= 15 is 0 Å². The van der Waals surface area contributed by atoms with Crippen molar-refractivity contribution in [3.63, 3.8) is 0 Å². The van der Waals surface area contributed by atoms with Gasteiger partial charge in [-0.2, -0.15) is 0 Å². The van der Waals surface area contributed by atoms with Crippen LogP contribution in [0.5, 0.6) is 0 Å². The second-order valence-electron chi connectivity index (χ2n) is 3.46. The molecule has 1 N–H and O–H groups in total. The van der Waals surface area contributed by atoms with E-state index < -0.39 is 20.7 Å². The van der Waals surface area contributed by atoms with Crippen molar-refractivity contribution in [2.24, 2.45) is 5.18 Å². The first-order valence-corrected chi connectivity index (χ1v) is 6.09. The smallest absolute Gasteiger partial charge is 0.243 e. The number of hydrogen-bond acceptors (Lipinski definition) is 5. The van der Waals surface area contributed by atoms with Crippen LogP contribution >= 0.6 is 0 Å². The lowest BCUT2D eigenvalue weighted by molar-refractivity contribution is 0.561. The molecule has 8 heteroatoms. The molecule has 94 valence electrons. The van der Waals surface area contributed by atoms with Gasteiger partial charge >= 0.3 is 0 Å². The number of sulfonamides is 1. The molecule has 0 aliphatic carbocycles. The molecule has 0 radical (unpaired) electrons. The SMILES string of the molecule is CNS(=O)(=O)c1cc(N=O)c(N(C)C)cc1F. The zero-order chi connectivity index (χ0) is 13.2. The summed E-state index contributed by atoms with van der Waals surface area (Å²) in [5, 5.41) is 2.69. The van der Waals surface area contributed by atoms with Gasteiger partial charge in [-0.15, -0.1) is 4.91 Å². The fourth-order valence-corrected chi connectivity index (χ4v) is 2.08. The van der Waals surface area contributed by atoms with E-state index in [9.17, 15) is 17.7 Å². The van der Waals surface area contributed by atoms with Crippen LogP contribution in [0, 0.1) is 10.7 Å². The molecular formula is C9H12FN3O3S. The van der Waals surface area contributed by atoms with Gasteiger partial charge in [-0.25, -0.2) is 17.5 Å². The van der Waals surface area contributed by atoms with E-state index in [0.29, 0.717) is 0 Å². The molecule has 6 nitrogen and oxygen atoms in total. The van der Waals surface area contributed by atoms with E-state index in [2.05, 4.69) is 5.18 Å². The first-order valence-electron chi connectivity index (χ1n) is 4.61. The van der Waals surface area contributed by atoms with Crippen LogP contribution in [-0.4, -0.2) is 29.6 Å². The molecule has 1 rings (SSSR count).